The zero-order chi connectivity index (χ0) is 34.7. The van der Waals surface area contributed by atoms with Crippen molar-refractivity contribution in [2.75, 3.05) is 4.90 Å². The summed E-state index contributed by atoms with van der Waals surface area (Å²) in [5.41, 5.74) is 12.8. The van der Waals surface area contributed by atoms with E-state index in [9.17, 15) is 0 Å². The van der Waals surface area contributed by atoms with Crippen LogP contribution < -0.4 is 4.90 Å². The lowest BCUT2D eigenvalue weighted by molar-refractivity contribution is 0.660. The van der Waals surface area contributed by atoms with E-state index in [1.54, 1.807) is 0 Å². The Morgan fingerprint density at radius 3 is 1.90 bits per heavy atom. The van der Waals surface area contributed by atoms with Crippen LogP contribution in [0.3, 0.4) is 0 Å². The van der Waals surface area contributed by atoms with E-state index in [2.05, 4.69) is 169 Å². The normalized spacial score (nSPS) is 14.2. The second kappa shape index (κ2) is 11.5. The number of rotatable bonds is 6. The summed E-state index contributed by atoms with van der Waals surface area (Å²) in [6.07, 6.45) is 0. The van der Waals surface area contributed by atoms with Gasteiger partial charge < -0.3 is 9.47 Å². The van der Waals surface area contributed by atoms with Crippen LogP contribution in [0.15, 0.2) is 170 Å². The zero-order valence-corrected chi connectivity index (χ0v) is 27.6. The Kier molecular flexibility index (Phi) is 6.33. The number of fused-ring (bicyclic) bond motifs is 6. The third-order valence-electron chi connectivity index (χ3n) is 10.0. The summed E-state index contributed by atoms with van der Waals surface area (Å²) in [6.45, 7) is 4.49. The van der Waals surface area contributed by atoms with Crippen molar-refractivity contribution < 1.29 is 2.74 Å². The number of benzene rings is 7. The van der Waals surface area contributed by atoms with Gasteiger partial charge in [0.2, 0.25) is 0 Å². The van der Waals surface area contributed by atoms with Gasteiger partial charge in [0, 0.05) is 38.9 Å². The van der Waals surface area contributed by atoms with Crippen molar-refractivity contribution in [3.05, 3.63) is 192 Å². The van der Waals surface area contributed by atoms with Gasteiger partial charge in [-0.2, -0.15) is 0 Å². The topological polar surface area (TPSA) is 8.17 Å². The first kappa shape index (κ1) is 26.9. The third-order valence-corrected chi connectivity index (χ3v) is 10.0. The van der Waals surface area contributed by atoms with Crippen molar-refractivity contribution in [3.63, 3.8) is 0 Å². The van der Waals surface area contributed by atoms with E-state index in [0.29, 0.717) is 5.56 Å². The summed E-state index contributed by atoms with van der Waals surface area (Å²) in [6, 6.07) is 59.4. The number of anilines is 3. The van der Waals surface area contributed by atoms with Crippen LogP contribution in [0.1, 0.15) is 38.8 Å². The number of aromatic nitrogens is 1. The fourth-order valence-corrected chi connectivity index (χ4v) is 7.60. The van der Waals surface area contributed by atoms with Crippen LogP contribution in [0.2, 0.25) is 0 Å². The molecule has 234 valence electrons. The first-order chi connectivity index (χ1) is 24.9. The van der Waals surface area contributed by atoms with Crippen LogP contribution in [-0.2, 0) is 5.41 Å². The molecule has 8 aromatic rings. The van der Waals surface area contributed by atoms with Gasteiger partial charge in [0.1, 0.15) is 0 Å². The van der Waals surface area contributed by atoms with Gasteiger partial charge in [0.05, 0.1) is 13.8 Å². The minimum absolute atomic E-state index is 0.160. The summed E-state index contributed by atoms with van der Waals surface area (Å²) in [5, 5.41) is 2.38. The molecule has 0 fully saturated rings. The Morgan fingerprint density at radius 2 is 1.08 bits per heavy atom. The zero-order valence-electron chi connectivity index (χ0n) is 29.6. The molecule has 0 aliphatic heterocycles. The van der Waals surface area contributed by atoms with Crippen LogP contribution in [0, 0.1) is 0 Å². The minimum Gasteiger partial charge on any atom is -0.310 e. The molecule has 0 spiro atoms. The molecule has 0 atom stereocenters. The molecule has 1 aliphatic rings. The highest BCUT2D eigenvalue weighted by atomic mass is 15.1. The van der Waals surface area contributed by atoms with E-state index >= 15 is 0 Å². The molecule has 1 aliphatic carbocycles. The van der Waals surface area contributed by atoms with E-state index in [0.717, 1.165) is 33.8 Å². The van der Waals surface area contributed by atoms with Crippen LogP contribution in [0.5, 0.6) is 0 Å². The van der Waals surface area contributed by atoms with Crippen LogP contribution >= 0.6 is 0 Å². The summed E-state index contributed by atoms with van der Waals surface area (Å²) < 4.78 is 20.5. The van der Waals surface area contributed by atoms with Crippen molar-refractivity contribution in [2.24, 2.45) is 0 Å². The highest BCUT2D eigenvalue weighted by Gasteiger charge is 2.34. The Hall–Kier alpha value is -6.12. The maximum atomic E-state index is 9.10. The van der Waals surface area contributed by atoms with Gasteiger partial charge in [-0.1, -0.05) is 135 Å². The first-order valence-electron chi connectivity index (χ1n) is 17.9. The molecule has 2 nitrogen and oxygen atoms in total. The molecule has 0 unspecified atom stereocenters. The van der Waals surface area contributed by atoms with Gasteiger partial charge >= 0.3 is 0 Å². The average molecular weight is 631 g/mol. The maximum Gasteiger partial charge on any atom is 0.0629 e. The molecule has 0 radical (unpaired) electrons. The van der Waals surface area contributed by atoms with E-state index in [1.807, 2.05) is 24.3 Å². The molecule has 1 heterocycles. The lowest BCUT2D eigenvalue weighted by atomic mass is 9.82. The number of para-hydroxylation sites is 3. The molecule has 0 saturated carbocycles. The minimum atomic E-state index is -0.160. The van der Waals surface area contributed by atoms with E-state index in [1.165, 1.54) is 38.5 Å². The molecule has 0 saturated heterocycles. The fourth-order valence-electron chi connectivity index (χ4n) is 7.60. The van der Waals surface area contributed by atoms with Crippen molar-refractivity contribution >= 4 is 51.0 Å². The molecule has 9 rings (SSSR count). The predicted octanol–water partition coefficient (Wildman–Crippen LogP) is 12.7. The lowest BCUT2D eigenvalue weighted by Gasteiger charge is -2.25. The Balaban J connectivity index is 1.11. The Morgan fingerprint density at radius 1 is 0.490 bits per heavy atom. The van der Waals surface area contributed by atoms with Gasteiger partial charge in [0.25, 0.3) is 0 Å². The molecule has 0 N–H and O–H groups in total. The quantitative estimate of drug-likeness (QED) is 0.166. The van der Waals surface area contributed by atoms with Gasteiger partial charge in [-0.25, -0.2) is 0 Å². The summed E-state index contributed by atoms with van der Waals surface area (Å²) in [5.74, 6) is 0. The van der Waals surface area contributed by atoms with Gasteiger partial charge in [0.15, 0.2) is 0 Å². The molecule has 1 aromatic heterocycles. The average Bonchev–Trinajstić information content (AvgIpc) is 3.63. The first-order valence-corrected chi connectivity index (χ1v) is 16.9. The molecule has 0 bridgehead atoms. The Bertz CT molecular complexity index is 2620. The fraction of sp³-hybridized carbons (Fsp3) is 0.0638. The van der Waals surface area contributed by atoms with Crippen LogP contribution in [-0.4, -0.2) is 4.57 Å². The predicted molar refractivity (Wildman–Crippen MR) is 208 cm³/mol. The third kappa shape index (κ3) is 4.88. The summed E-state index contributed by atoms with van der Waals surface area (Å²) in [7, 11) is 0. The van der Waals surface area contributed by atoms with E-state index < -0.39 is 0 Å². The van der Waals surface area contributed by atoms with Crippen molar-refractivity contribution in [2.45, 2.75) is 19.3 Å². The Labute approximate surface area is 290 Å². The molecule has 0 amide bonds. The smallest absolute Gasteiger partial charge is 0.0629 e. The van der Waals surface area contributed by atoms with Gasteiger partial charge in [-0.3, -0.25) is 0 Å². The number of hydrogen-bond acceptors (Lipinski definition) is 1. The van der Waals surface area contributed by atoms with Gasteiger partial charge in [-0.05, 0) is 94.0 Å². The summed E-state index contributed by atoms with van der Waals surface area (Å²) in [4.78, 5) is 2.26. The molecular weight excluding hydrogens is 593 g/mol. The molecule has 7 aromatic carbocycles. The standard InChI is InChI=1S/C47H36N2/c1-47(2)43-19-11-9-17-39(43)40-29-25-34(31-44(40)47)22-21-33-23-26-37(27-24-33)48(35-13-5-3-6-14-35)38-28-30-46-42(32-38)41-18-10-12-20-45(41)49(46)36-15-7-4-8-16-36/h3-32H,1-2H3/b22-21+/i21D,22D. The molecule has 2 heteroatoms. The van der Waals surface area contributed by atoms with E-state index in [-0.39, 0.29) is 17.5 Å². The second-order valence-electron chi connectivity index (χ2n) is 13.3. The monoisotopic (exact) mass is 630 g/mol. The van der Waals surface area contributed by atoms with Crippen molar-refractivity contribution in [1.29, 1.82) is 0 Å². The molecule has 49 heavy (non-hydrogen) atoms. The van der Waals surface area contributed by atoms with Crippen molar-refractivity contribution in [1.82, 2.24) is 4.57 Å². The highest BCUT2D eigenvalue weighted by Crippen LogP contribution is 2.49. The van der Waals surface area contributed by atoms with E-state index in [4.69, 9.17) is 2.74 Å². The van der Waals surface area contributed by atoms with Crippen molar-refractivity contribution in [3.8, 4) is 16.8 Å². The number of hydrogen-bond donors (Lipinski definition) is 0. The number of nitrogens with zero attached hydrogens (tertiary/aromatic N) is 2. The highest BCUT2D eigenvalue weighted by molar-refractivity contribution is 6.10. The SMILES string of the molecule is [2H]/C(=C(/[2H])c1ccc2c(c1)C(C)(C)c1ccccc1-2)c1ccc(N(c2ccccc2)c2ccc3c(c2)c2ccccc2n3-c2ccccc2)cc1. The lowest BCUT2D eigenvalue weighted by Crippen LogP contribution is -2.14. The van der Waals surface area contributed by atoms with Crippen LogP contribution in [0.25, 0.3) is 50.7 Å². The second-order valence-corrected chi connectivity index (χ2v) is 13.3. The largest absolute Gasteiger partial charge is 0.310 e. The summed E-state index contributed by atoms with van der Waals surface area (Å²) >= 11 is 0. The maximum absolute atomic E-state index is 9.10. The van der Waals surface area contributed by atoms with Crippen LogP contribution in [0.4, 0.5) is 17.1 Å². The van der Waals surface area contributed by atoms with Gasteiger partial charge in [-0.15, -0.1) is 0 Å². The molecular formula is C47H36N2.